The van der Waals surface area contributed by atoms with Gasteiger partial charge in [-0.1, -0.05) is 6.92 Å². The number of benzene rings is 1. The number of hydrogen-bond acceptors (Lipinski definition) is 6. The normalized spacial score (nSPS) is 10.6. The van der Waals surface area contributed by atoms with E-state index in [2.05, 4.69) is 15.3 Å². The van der Waals surface area contributed by atoms with Crippen LogP contribution >= 0.6 is 0 Å². The first kappa shape index (κ1) is 18.2. The summed E-state index contributed by atoms with van der Waals surface area (Å²) in [6.07, 6.45) is 3.55. The van der Waals surface area contributed by atoms with Crippen molar-refractivity contribution in [2.45, 2.75) is 13.3 Å². The lowest BCUT2D eigenvalue weighted by Gasteiger charge is -2.17. The van der Waals surface area contributed by atoms with Gasteiger partial charge in [0.05, 0.1) is 25.1 Å². The summed E-state index contributed by atoms with van der Waals surface area (Å²) in [5.74, 6) is -0.205. The summed E-state index contributed by atoms with van der Waals surface area (Å²) in [4.78, 5) is 31.4. The van der Waals surface area contributed by atoms with E-state index in [1.54, 1.807) is 6.07 Å². The van der Waals surface area contributed by atoms with Crippen LogP contribution in [0.2, 0.25) is 0 Å². The van der Waals surface area contributed by atoms with Crippen molar-refractivity contribution in [3.05, 3.63) is 52.1 Å². The molecule has 2 aromatic heterocycles. The van der Waals surface area contributed by atoms with E-state index < -0.39 is 17.2 Å². The molecule has 0 radical (unpaired) electrons. The molecule has 0 aliphatic rings. The number of pyridine rings is 2. The number of amides is 1. The molecule has 0 bridgehead atoms. The molecular formula is C19H19N3O5. The van der Waals surface area contributed by atoms with E-state index in [0.717, 1.165) is 5.56 Å². The van der Waals surface area contributed by atoms with E-state index in [1.807, 2.05) is 6.92 Å². The summed E-state index contributed by atoms with van der Waals surface area (Å²) in [7, 11) is 2.94. The summed E-state index contributed by atoms with van der Waals surface area (Å²) in [5, 5.41) is 13.4. The molecule has 3 rings (SSSR count). The molecule has 3 aromatic rings. The van der Waals surface area contributed by atoms with Crippen LogP contribution in [-0.2, 0) is 6.42 Å². The van der Waals surface area contributed by atoms with Crippen molar-refractivity contribution in [2.24, 2.45) is 0 Å². The lowest BCUT2D eigenvalue weighted by molar-refractivity contribution is 0.102. The van der Waals surface area contributed by atoms with Gasteiger partial charge in [0, 0.05) is 18.0 Å². The largest absolute Gasteiger partial charge is 0.505 e. The number of H-pyrrole nitrogens is 1. The predicted octanol–water partition coefficient (Wildman–Crippen LogP) is 2.46. The highest BCUT2D eigenvalue weighted by Gasteiger charge is 2.22. The molecule has 0 spiro atoms. The Morgan fingerprint density at radius 2 is 1.89 bits per heavy atom. The SMILES string of the molecule is CCc1cc2[nH]c(=O)c(NC(=O)c3ccncc3)c(O)c2c(OC)c1OC. The molecule has 3 N–H and O–H groups in total. The Morgan fingerprint density at radius 3 is 2.48 bits per heavy atom. The van der Waals surface area contributed by atoms with Gasteiger partial charge >= 0.3 is 0 Å². The van der Waals surface area contributed by atoms with Gasteiger partial charge in [0.2, 0.25) is 0 Å². The van der Waals surface area contributed by atoms with Crippen LogP contribution in [-0.4, -0.2) is 35.2 Å². The first-order valence-electron chi connectivity index (χ1n) is 8.26. The molecule has 1 amide bonds. The van der Waals surface area contributed by atoms with Gasteiger partial charge in [-0.3, -0.25) is 14.6 Å². The number of fused-ring (bicyclic) bond motifs is 1. The van der Waals surface area contributed by atoms with Crippen LogP contribution in [0.5, 0.6) is 17.2 Å². The maximum Gasteiger partial charge on any atom is 0.276 e. The van der Waals surface area contributed by atoms with E-state index in [0.29, 0.717) is 23.3 Å². The van der Waals surface area contributed by atoms with E-state index in [9.17, 15) is 14.7 Å². The van der Waals surface area contributed by atoms with Gasteiger partial charge in [-0.25, -0.2) is 0 Å². The lowest BCUT2D eigenvalue weighted by atomic mass is 10.0. The minimum absolute atomic E-state index is 0.246. The van der Waals surface area contributed by atoms with Gasteiger partial charge in [-0.05, 0) is 30.2 Å². The van der Waals surface area contributed by atoms with Crippen LogP contribution in [0.25, 0.3) is 10.9 Å². The molecule has 140 valence electrons. The van der Waals surface area contributed by atoms with Gasteiger partial charge in [0.25, 0.3) is 11.5 Å². The van der Waals surface area contributed by atoms with Crippen molar-refractivity contribution < 1.29 is 19.4 Å². The van der Waals surface area contributed by atoms with Gasteiger partial charge in [0.1, 0.15) is 0 Å². The van der Waals surface area contributed by atoms with Gasteiger partial charge in [-0.2, -0.15) is 0 Å². The Kier molecular flexibility index (Phi) is 4.98. The molecule has 0 saturated carbocycles. The second-order valence-corrected chi connectivity index (χ2v) is 5.75. The van der Waals surface area contributed by atoms with E-state index >= 15 is 0 Å². The molecule has 2 heterocycles. The van der Waals surface area contributed by atoms with E-state index in [4.69, 9.17) is 9.47 Å². The van der Waals surface area contributed by atoms with Crippen LogP contribution in [0.15, 0.2) is 35.4 Å². The van der Waals surface area contributed by atoms with Crippen molar-refractivity contribution in [1.82, 2.24) is 9.97 Å². The maximum atomic E-state index is 12.5. The number of aromatic amines is 1. The zero-order valence-electron chi connectivity index (χ0n) is 15.1. The molecule has 0 unspecified atom stereocenters. The highest BCUT2D eigenvalue weighted by atomic mass is 16.5. The molecule has 0 atom stereocenters. The Balaban J connectivity index is 2.21. The fourth-order valence-electron chi connectivity index (χ4n) is 2.93. The number of methoxy groups -OCH3 is 2. The Morgan fingerprint density at radius 1 is 1.22 bits per heavy atom. The second-order valence-electron chi connectivity index (χ2n) is 5.75. The number of aromatic hydroxyl groups is 1. The van der Waals surface area contributed by atoms with Crippen molar-refractivity contribution in [2.75, 3.05) is 19.5 Å². The molecule has 27 heavy (non-hydrogen) atoms. The summed E-state index contributed by atoms with van der Waals surface area (Å²) >= 11 is 0. The molecule has 1 aromatic carbocycles. The average Bonchev–Trinajstić information content (AvgIpc) is 2.69. The number of rotatable bonds is 5. The van der Waals surface area contributed by atoms with Crippen molar-refractivity contribution >= 4 is 22.5 Å². The summed E-state index contributed by atoms with van der Waals surface area (Å²) in [5.41, 5.74) is 0.597. The number of ether oxygens (including phenoxy) is 2. The average molecular weight is 369 g/mol. The third-order valence-electron chi connectivity index (χ3n) is 4.23. The zero-order chi connectivity index (χ0) is 19.6. The first-order valence-corrected chi connectivity index (χ1v) is 8.26. The Hall–Kier alpha value is -3.55. The van der Waals surface area contributed by atoms with Crippen LogP contribution < -0.4 is 20.3 Å². The topological polar surface area (TPSA) is 114 Å². The fourth-order valence-corrected chi connectivity index (χ4v) is 2.93. The predicted molar refractivity (Wildman–Crippen MR) is 101 cm³/mol. The standard InChI is InChI=1S/C19H19N3O5/c1-4-10-9-12-13(17(27-3)16(10)26-2)15(23)14(19(25)21-12)22-18(24)11-5-7-20-8-6-11/h5-9H,4H2,1-3H3,(H,22,24)(H2,21,23,25). The second kappa shape index (κ2) is 7.36. The monoisotopic (exact) mass is 369 g/mol. The Labute approximate surface area is 154 Å². The number of carbonyl (C=O) groups is 1. The summed E-state index contributed by atoms with van der Waals surface area (Å²) in [6.45, 7) is 1.93. The zero-order valence-corrected chi connectivity index (χ0v) is 15.1. The number of aryl methyl sites for hydroxylation is 1. The van der Waals surface area contributed by atoms with Crippen molar-refractivity contribution in [1.29, 1.82) is 0 Å². The fraction of sp³-hybridized carbons (Fsp3) is 0.211. The Bertz CT molecular complexity index is 1060. The van der Waals surface area contributed by atoms with Crippen molar-refractivity contribution in [3.63, 3.8) is 0 Å². The molecule has 0 aliphatic heterocycles. The van der Waals surface area contributed by atoms with Crippen LogP contribution in [0.4, 0.5) is 5.69 Å². The third-order valence-corrected chi connectivity index (χ3v) is 4.23. The van der Waals surface area contributed by atoms with Gasteiger partial charge in [0.15, 0.2) is 22.9 Å². The van der Waals surface area contributed by atoms with Crippen molar-refractivity contribution in [3.8, 4) is 17.2 Å². The molecule has 0 aliphatic carbocycles. The molecule has 0 saturated heterocycles. The van der Waals surface area contributed by atoms with Crippen LogP contribution in [0, 0.1) is 0 Å². The highest BCUT2D eigenvalue weighted by Crippen LogP contribution is 2.43. The highest BCUT2D eigenvalue weighted by molar-refractivity contribution is 6.07. The minimum atomic E-state index is -0.628. The van der Waals surface area contributed by atoms with Gasteiger partial charge < -0.3 is 24.9 Å². The third kappa shape index (κ3) is 3.17. The number of anilines is 1. The number of nitrogens with zero attached hydrogens (tertiary/aromatic N) is 1. The van der Waals surface area contributed by atoms with Crippen LogP contribution in [0.1, 0.15) is 22.8 Å². The van der Waals surface area contributed by atoms with Crippen LogP contribution in [0.3, 0.4) is 0 Å². The van der Waals surface area contributed by atoms with E-state index in [-0.39, 0.29) is 16.8 Å². The molecule has 8 nitrogen and oxygen atoms in total. The smallest absolute Gasteiger partial charge is 0.276 e. The number of nitrogens with one attached hydrogen (secondary N) is 2. The quantitative estimate of drug-likeness (QED) is 0.637. The number of carbonyl (C=O) groups excluding carboxylic acids is 1. The molecule has 0 fully saturated rings. The minimum Gasteiger partial charge on any atom is -0.505 e. The summed E-state index contributed by atoms with van der Waals surface area (Å²) < 4.78 is 10.8. The van der Waals surface area contributed by atoms with Gasteiger partial charge in [-0.15, -0.1) is 0 Å². The molecular weight excluding hydrogens is 350 g/mol. The molecule has 8 heteroatoms. The summed E-state index contributed by atoms with van der Waals surface area (Å²) in [6, 6.07) is 4.71. The maximum absolute atomic E-state index is 12.5. The number of hydrogen-bond donors (Lipinski definition) is 3. The first-order chi connectivity index (χ1) is 13.0. The number of aromatic nitrogens is 2. The lowest BCUT2D eigenvalue weighted by Crippen LogP contribution is -2.20. The van der Waals surface area contributed by atoms with E-state index in [1.165, 1.54) is 38.7 Å².